The number of amides is 1. The molecule has 160 valence electrons. The van der Waals surface area contributed by atoms with Crippen molar-refractivity contribution in [3.8, 4) is 0 Å². The molecule has 1 N–H and O–H groups in total. The second kappa shape index (κ2) is 8.88. The van der Waals surface area contributed by atoms with Crippen LogP contribution in [0.4, 0.5) is 5.69 Å². The third-order valence-corrected chi connectivity index (χ3v) is 7.34. The van der Waals surface area contributed by atoms with Gasteiger partial charge >= 0.3 is 0 Å². The van der Waals surface area contributed by atoms with Crippen LogP contribution in [-0.4, -0.2) is 38.9 Å². The zero-order valence-corrected chi connectivity index (χ0v) is 18.2. The number of nitrogens with one attached hydrogen (secondary N) is 1. The van der Waals surface area contributed by atoms with E-state index >= 15 is 0 Å². The van der Waals surface area contributed by atoms with Gasteiger partial charge < -0.3 is 4.90 Å². The van der Waals surface area contributed by atoms with E-state index in [1.165, 1.54) is 18.4 Å². The molecule has 0 spiro atoms. The lowest BCUT2D eigenvalue weighted by Gasteiger charge is -2.19. The normalized spacial score (nSPS) is 17.8. The Bertz CT molecular complexity index is 1010. The van der Waals surface area contributed by atoms with Crippen molar-refractivity contribution in [2.24, 2.45) is 0 Å². The monoisotopic (exact) mass is 427 g/mol. The second-order valence-electron chi connectivity index (χ2n) is 8.22. The van der Waals surface area contributed by atoms with Gasteiger partial charge in [-0.2, -0.15) is 0 Å². The van der Waals surface area contributed by atoms with Gasteiger partial charge in [-0.3, -0.25) is 9.69 Å². The summed E-state index contributed by atoms with van der Waals surface area (Å²) in [6.07, 6.45) is 3.94. The lowest BCUT2D eigenvalue weighted by molar-refractivity contribution is -0.117. The van der Waals surface area contributed by atoms with Gasteiger partial charge in [-0.25, -0.2) is 13.1 Å². The summed E-state index contributed by atoms with van der Waals surface area (Å²) in [4.78, 5) is 16.4. The van der Waals surface area contributed by atoms with Gasteiger partial charge in [-0.15, -0.1) is 0 Å². The molecule has 0 saturated carbocycles. The van der Waals surface area contributed by atoms with Crippen LogP contribution in [0.15, 0.2) is 47.4 Å². The van der Waals surface area contributed by atoms with Gasteiger partial charge in [0.25, 0.3) is 0 Å². The number of benzene rings is 2. The fraction of sp³-hybridized carbons (Fsp3) is 0.435. The maximum Gasteiger partial charge on any atom is 0.240 e. The van der Waals surface area contributed by atoms with Crippen molar-refractivity contribution in [3.63, 3.8) is 0 Å². The van der Waals surface area contributed by atoms with Crippen molar-refractivity contribution in [3.05, 3.63) is 59.2 Å². The first-order chi connectivity index (χ1) is 14.4. The first kappa shape index (κ1) is 21.0. The van der Waals surface area contributed by atoms with E-state index in [0.29, 0.717) is 13.0 Å². The maximum atomic E-state index is 12.8. The number of likely N-dealkylation sites (tertiary alicyclic amines) is 1. The van der Waals surface area contributed by atoms with E-state index in [0.717, 1.165) is 42.9 Å². The fourth-order valence-corrected chi connectivity index (χ4v) is 5.33. The summed E-state index contributed by atoms with van der Waals surface area (Å²) >= 11 is 0. The molecule has 2 aliphatic heterocycles. The first-order valence-electron chi connectivity index (χ1n) is 10.6. The van der Waals surface area contributed by atoms with E-state index in [9.17, 15) is 13.2 Å². The predicted octanol–water partition coefficient (Wildman–Crippen LogP) is 3.20. The van der Waals surface area contributed by atoms with Crippen LogP contribution in [0.2, 0.25) is 0 Å². The van der Waals surface area contributed by atoms with Gasteiger partial charge in [0.1, 0.15) is 0 Å². The molecule has 0 aliphatic carbocycles. The lowest BCUT2D eigenvalue weighted by Crippen LogP contribution is -2.26. The number of hydrogen-bond acceptors (Lipinski definition) is 4. The summed E-state index contributed by atoms with van der Waals surface area (Å²) in [5.41, 5.74) is 3.77. The van der Waals surface area contributed by atoms with E-state index < -0.39 is 10.0 Å². The Morgan fingerprint density at radius 3 is 2.27 bits per heavy atom. The van der Waals surface area contributed by atoms with Crippen LogP contribution in [0, 0.1) is 6.92 Å². The molecular weight excluding hydrogens is 398 g/mol. The number of aryl methyl sites for hydroxylation is 1. The highest BCUT2D eigenvalue weighted by atomic mass is 32.2. The summed E-state index contributed by atoms with van der Waals surface area (Å²) in [6, 6.07) is 13.1. The van der Waals surface area contributed by atoms with E-state index in [4.69, 9.17) is 0 Å². The van der Waals surface area contributed by atoms with Crippen LogP contribution >= 0.6 is 0 Å². The number of carbonyl (C=O) groups excluding carboxylic acids is 1. The van der Waals surface area contributed by atoms with Crippen LogP contribution in [0.5, 0.6) is 0 Å². The van der Waals surface area contributed by atoms with Crippen molar-refractivity contribution >= 4 is 21.6 Å². The van der Waals surface area contributed by atoms with Crippen molar-refractivity contribution in [1.29, 1.82) is 0 Å². The van der Waals surface area contributed by atoms with Gasteiger partial charge in [-0.1, -0.05) is 24.3 Å². The number of rotatable bonds is 7. The molecular formula is C23H29N3O3S. The standard InChI is InChI=1S/C23H29N3O3S/c1-18-15-21(10-11-22(18)26-14-4-5-23(26)27)30(28,29)24-16-19-6-8-20(9-7-19)17-25-12-2-3-13-25/h6-11,15,24H,2-5,12-14,16-17H2,1H3. The first-order valence-corrected chi connectivity index (χ1v) is 12.1. The number of carbonyl (C=O) groups is 1. The third-order valence-electron chi connectivity index (χ3n) is 5.94. The third kappa shape index (κ3) is 4.74. The molecule has 0 aromatic heterocycles. The van der Waals surface area contributed by atoms with Crippen LogP contribution < -0.4 is 9.62 Å². The Kier molecular flexibility index (Phi) is 6.22. The molecule has 0 unspecified atom stereocenters. The molecule has 2 aromatic carbocycles. The minimum atomic E-state index is -3.63. The number of nitrogens with zero attached hydrogens (tertiary/aromatic N) is 2. The molecule has 2 saturated heterocycles. The van der Waals surface area contributed by atoms with Crippen LogP contribution in [0.3, 0.4) is 0 Å². The lowest BCUT2D eigenvalue weighted by atomic mass is 10.1. The SMILES string of the molecule is Cc1cc(S(=O)(=O)NCc2ccc(CN3CCCC3)cc2)ccc1N1CCCC1=O. The summed E-state index contributed by atoms with van der Waals surface area (Å²) in [5, 5.41) is 0. The molecule has 6 nitrogen and oxygen atoms in total. The zero-order valence-electron chi connectivity index (χ0n) is 17.4. The van der Waals surface area contributed by atoms with Gasteiger partial charge in [0.2, 0.25) is 15.9 Å². The summed E-state index contributed by atoms with van der Waals surface area (Å²) in [7, 11) is -3.63. The van der Waals surface area contributed by atoms with Gasteiger partial charge in [0.15, 0.2) is 0 Å². The van der Waals surface area contributed by atoms with E-state index in [-0.39, 0.29) is 17.3 Å². The summed E-state index contributed by atoms with van der Waals surface area (Å²) in [5.74, 6) is 0.0972. The van der Waals surface area contributed by atoms with E-state index in [1.54, 1.807) is 23.1 Å². The molecule has 1 amide bonds. The highest BCUT2D eigenvalue weighted by molar-refractivity contribution is 7.89. The minimum absolute atomic E-state index is 0.0972. The Morgan fingerprint density at radius 2 is 1.63 bits per heavy atom. The molecule has 30 heavy (non-hydrogen) atoms. The average molecular weight is 428 g/mol. The second-order valence-corrected chi connectivity index (χ2v) is 9.99. The number of sulfonamides is 1. The molecule has 2 fully saturated rings. The Hall–Kier alpha value is -2.22. The topological polar surface area (TPSA) is 69.7 Å². The molecule has 0 radical (unpaired) electrons. The van der Waals surface area contributed by atoms with Crippen LogP contribution in [0.25, 0.3) is 0 Å². The molecule has 0 bridgehead atoms. The van der Waals surface area contributed by atoms with Gasteiger partial charge in [-0.05, 0) is 74.2 Å². The van der Waals surface area contributed by atoms with Crippen LogP contribution in [0.1, 0.15) is 42.4 Å². The van der Waals surface area contributed by atoms with E-state index in [2.05, 4.69) is 21.8 Å². The highest BCUT2D eigenvalue weighted by Crippen LogP contribution is 2.27. The molecule has 2 aromatic rings. The fourth-order valence-electron chi connectivity index (χ4n) is 4.22. The van der Waals surface area contributed by atoms with Crippen molar-refractivity contribution in [2.75, 3.05) is 24.5 Å². The van der Waals surface area contributed by atoms with Crippen molar-refractivity contribution in [2.45, 2.75) is 50.6 Å². The average Bonchev–Trinajstić information content (AvgIpc) is 3.39. The molecule has 4 rings (SSSR count). The number of anilines is 1. The predicted molar refractivity (Wildman–Crippen MR) is 118 cm³/mol. The summed E-state index contributed by atoms with van der Waals surface area (Å²) in [6.45, 7) is 6.06. The molecule has 2 heterocycles. The van der Waals surface area contributed by atoms with Gasteiger partial charge in [0, 0.05) is 31.7 Å². The van der Waals surface area contributed by atoms with Gasteiger partial charge in [0.05, 0.1) is 4.90 Å². The van der Waals surface area contributed by atoms with Crippen LogP contribution in [-0.2, 0) is 27.9 Å². The molecule has 7 heteroatoms. The molecule has 0 atom stereocenters. The van der Waals surface area contributed by atoms with Crippen molar-refractivity contribution < 1.29 is 13.2 Å². The van der Waals surface area contributed by atoms with Crippen molar-refractivity contribution in [1.82, 2.24) is 9.62 Å². The van der Waals surface area contributed by atoms with E-state index in [1.807, 2.05) is 19.1 Å². The Balaban J connectivity index is 1.39. The quantitative estimate of drug-likeness (QED) is 0.737. The Morgan fingerprint density at radius 1 is 0.933 bits per heavy atom. The number of hydrogen-bond donors (Lipinski definition) is 1. The largest absolute Gasteiger partial charge is 0.312 e. The zero-order chi connectivity index (χ0) is 21.1. The minimum Gasteiger partial charge on any atom is -0.312 e. The Labute approximate surface area is 178 Å². The smallest absolute Gasteiger partial charge is 0.240 e. The highest BCUT2D eigenvalue weighted by Gasteiger charge is 2.24. The summed E-state index contributed by atoms with van der Waals surface area (Å²) < 4.78 is 28.2. The molecule has 2 aliphatic rings. The maximum absolute atomic E-state index is 12.8.